The van der Waals surface area contributed by atoms with Gasteiger partial charge in [-0.15, -0.1) is 0 Å². The summed E-state index contributed by atoms with van der Waals surface area (Å²) in [6.45, 7) is 5.80. The van der Waals surface area contributed by atoms with Gasteiger partial charge >= 0.3 is 0 Å². The third-order valence-corrected chi connectivity index (χ3v) is 4.87. The van der Waals surface area contributed by atoms with E-state index in [9.17, 15) is 0 Å². The molecular formula is C23H23N3. The average Bonchev–Trinajstić information content (AvgIpc) is 3.01. The van der Waals surface area contributed by atoms with Crippen LogP contribution in [0.4, 0.5) is 5.69 Å². The molecule has 0 saturated heterocycles. The van der Waals surface area contributed by atoms with Crippen LogP contribution in [0, 0.1) is 13.8 Å². The highest BCUT2D eigenvalue weighted by Crippen LogP contribution is 2.20. The largest absolute Gasteiger partial charge is 0.378 e. The zero-order valence-electron chi connectivity index (χ0n) is 15.2. The van der Waals surface area contributed by atoms with Crippen LogP contribution in [0.25, 0.3) is 11.0 Å². The van der Waals surface area contributed by atoms with Crippen molar-refractivity contribution >= 4 is 16.7 Å². The molecule has 3 nitrogen and oxygen atoms in total. The van der Waals surface area contributed by atoms with Crippen molar-refractivity contribution in [1.82, 2.24) is 9.55 Å². The predicted octanol–water partition coefficient (Wildman–Crippen LogP) is 5.31. The summed E-state index contributed by atoms with van der Waals surface area (Å²) in [7, 11) is 0. The van der Waals surface area contributed by atoms with Crippen molar-refractivity contribution in [1.29, 1.82) is 0 Å². The van der Waals surface area contributed by atoms with Crippen LogP contribution in [0.1, 0.15) is 22.5 Å². The number of benzene rings is 3. The lowest BCUT2D eigenvalue weighted by Gasteiger charge is -2.12. The Labute approximate surface area is 154 Å². The summed E-state index contributed by atoms with van der Waals surface area (Å²) in [5.41, 5.74) is 7.24. The number of fused-ring (bicyclic) bond motifs is 1. The van der Waals surface area contributed by atoms with Gasteiger partial charge in [0, 0.05) is 12.2 Å². The van der Waals surface area contributed by atoms with Crippen molar-refractivity contribution in [3.63, 3.8) is 0 Å². The molecule has 0 bridgehead atoms. The smallest absolute Gasteiger partial charge is 0.129 e. The van der Waals surface area contributed by atoms with Crippen molar-refractivity contribution in [2.45, 2.75) is 26.9 Å². The maximum absolute atomic E-state index is 4.86. The van der Waals surface area contributed by atoms with Crippen molar-refractivity contribution in [2.75, 3.05) is 5.32 Å². The lowest BCUT2D eigenvalue weighted by molar-refractivity contribution is 0.756. The molecule has 3 aromatic carbocycles. The number of rotatable bonds is 5. The standard InChI is InChI=1S/C23H23N3/c1-17-12-13-20(14-18(17)2)24-15-23-25-21-10-6-7-11-22(21)26(23)16-19-8-4-3-5-9-19/h3-14,24H,15-16H2,1-2H3. The van der Waals surface area contributed by atoms with E-state index in [0.717, 1.165) is 23.6 Å². The van der Waals surface area contributed by atoms with E-state index in [4.69, 9.17) is 4.98 Å². The summed E-state index contributed by atoms with van der Waals surface area (Å²) in [5, 5.41) is 3.53. The van der Waals surface area contributed by atoms with E-state index in [1.807, 2.05) is 6.07 Å². The molecule has 26 heavy (non-hydrogen) atoms. The highest BCUT2D eigenvalue weighted by Gasteiger charge is 2.11. The molecule has 1 N–H and O–H groups in total. The molecule has 0 aliphatic rings. The average molecular weight is 341 g/mol. The molecule has 0 spiro atoms. The lowest BCUT2D eigenvalue weighted by Crippen LogP contribution is -2.10. The van der Waals surface area contributed by atoms with Gasteiger partial charge < -0.3 is 9.88 Å². The van der Waals surface area contributed by atoms with Gasteiger partial charge in [-0.25, -0.2) is 4.98 Å². The van der Waals surface area contributed by atoms with Crippen molar-refractivity contribution in [3.05, 3.63) is 95.3 Å². The van der Waals surface area contributed by atoms with Crippen LogP contribution in [0.15, 0.2) is 72.8 Å². The first-order chi connectivity index (χ1) is 12.7. The molecule has 4 aromatic rings. The minimum absolute atomic E-state index is 0.698. The monoisotopic (exact) mass is 341 g/mol. The van der Waals surface area contributed by atoms with Crippen LogP contribution in [-0.2, 0) is 13.1 Å². The van der Waals surface area contributed by atoms with Crippen LogP contribution < -0.4 is 5.32 Å². The van der Waals surface area contributed by atoms with E-state index in [-0.39, 0.29) is 0 Å². The molecule has 4 rings (SSSR count). The van der Waals surface area contributed by atoms with Crippen LogP contribution in [0.2, 0.25) is 0 Å². The Morgan fingerprint density at radius 2 is 1.62 bits per heavy atom. The summed E-state index contributed by atoms with van der Waals surface area (Å²) >= 11 is 0. The fraction of sp³-hybridized carbons (Fsp3) is 0.174. The van der Waals surface area contributed by atoms with Gasteiger partial charge in [-0.2, -0.15) is 0 Å². The van der Waals surface area contributed by atoms with E-state index in [0.29, 0.717) is 6.54 Å². The Morgan fingerprint density at radius 1 is 0.846 bits per heavy atom. The summed E-state index contributed by atoms with van der Waals surface area (Å²) in [6.07, 6.45) is 0. The zero-order chi connectivity index (χ0) is 17.9. The van der Waals surface area contributed by atoms with Gasteiger partial charge in [0.2, 0.25) is 0 Å². The third-order valence-electron chi connectivity index (χ3n) is 4.87. The topological polar surface area (TPSA) is 29.9 Å². The second kappa shape index (κ2) is 7.04. The number of aryl methyl sites for hydroxylation is 2. The van der Waals surface area contributed by atoms with Crippen molar-refractivity contribution in [2.24, 2.45) is 0 Å². The quantitative estimate of drug-likeness (QED) is 0.533. The fourth-order valence-electron chi connectivity index (χ4n) is 3.24. The molecule has 0 aliphatic heterocycles. The van der Waals surface area contributed by atoms with Gasteiger partial charge in [-0.05, 0) is 54.8 Å². The number of nitrogens with zero attached hydrogens (tertiary/aromatic N) is 2. The first kappa shape index (κ1) is 16.4. The highest BCUT2D eigenvalue weighted by atomic mass is 15.1. The minimum Gasteiger partial charge on any atom is -0.378 e. The normalized spacial score (nSPS) is 11.0. The van der Waals surface area contributed by atoms with E-state index in [2.05, 4.69) is 90.5 Å². The van der Waals surface area contributed by atoms with Crippen LogP contribution >= 0.6 is 0 Å². The van der Waals surface area contributed by atoms with Crippen LogP contribution in [0.3, 0.4) is 0 Å². The fourth-order valence-corrected chi connectivity index (χ4v) is 3.24. The van der Waals surface area contributed by atoms with Crippen molar-refractivity contribution < 1.29 is 0 Å². The Balaban J connectivity index is 1.65. The van der Waals surface area contributed by atoms with Gasteiger partial charge in [0.1, 0.15) is 5.82 Å². The number of anilines is 1. The number of nitrogens with one attached hydrogen (secondary N) is 1. The Hall–Kier alpha value is -3.07. The zero-order valence-corrected chi connectivity index (χ0v) is 15.2. The second-order valence-electron chi connectivity index (χ2n) is 6.74. The molecule has 3 heteroatoms. The minimum atomic E-state index is 0.698. The van der Waals surface area contributed by atoms with Gasteiger partial charge in [0.05, 0.1) is 17.6 Å². The summed E-state index contributed by atoms with van der Waals surface area (Å²) in [5.74, 6) is 1.05. The first-order valence-corrected chi connectivity index (χ1v) is 9.00. The molecule has 130 valence electrons. The molecular weight excluding hydrogens is 318 g/mol. The second-order valence-corrected chi connectivity index (χ2v) is 6.74. The molecule has 0 fully saturated rings. The molecule has 1 aromatic heterocycles. The maximum atomic E-state index is 4.86. The van der Waals surface area contributed by atoms with E-state index in [1.165, 1.54) is 22.2 Å². The van der Waals surface area contributed by atoms with Crippen LogP contribution in [-0.4, -0.2) is 9.55 Å². The summed E-state index contributed by atoms with van der Waals surface area (Å²) in [4.78, 5) is 4.86. The molecule has 1 heterocycles. The molecule has 0 amide bonds. The molecule has 0 aliphatic carbocycles. The molecule has 0 atom stereocenters. The first-order valence-electron chi connectivity index (χ1n) is 9.00. The van der Waals surface area contributed by atoms with Gasteiger partial charge in [0.25, 0.3) is 0 Å². The molecule has 0 saturated carbocycles. The van der Waals surface area contributed by atoms with Gasteiger partial charge in [0.15, 0.2) is 0 Å². The predicted molar refractivity (Wildman–Crippen MR) is 109 cm³/mol. The lowest BCUT2D eigenvalue weighted by atomic mass is 10.1. The van der Waals surface area contributed by atoms with E-state index in [1.54, 1.807) is 0 Å². The van der Waals surface area contributed by atoms with Crippen molar-refractivity contribution in [3.8, 4) is 0 Å². The van der Waals surface area contributed by atoms with Gasteiger partial charge in [-0.3, -0.25) is 0 Å². The summed E-state index contributed by atoms with van der Waals surface area (Å²) in [6, 6.07) is 25.4. The number of hydrogen-bond donors (Lipinski definition) is 1. The number of para-hydroxylation sites is 2. The molecule has 0 radical (unpaired) electrons. The van der Waals surface area contributed by atoms with Crippen LogP contribution in [0.5, 0.6) is 0 Å². The number of aromatic nitrogens is 2. The van der Waals surface area contributed by atoms with E-state index < -0.39 is 0 Å². The number of hydrogen-bond acceptors (Lipinski definition) is 2. The Morgan fingerprint density at radius 3 is 2.42 bits per heavy atom. The third kappa shape index (κ3) is 3.33. The number of imidazole rings is 1. The Kier molecular flexibility index (Phi) is 4.44. The van der Waals surface area contributed by atoms with Gasteiger partial charge in [-0.1, -0.05) is 48.5 Å². The Bertz CT molecular complexity index is 1030. The molecule has 0 unspecified atom stereocenters. The SMILES string of the molecule is Cc1ccc(NCc2nc3ccccc3n2Cc2ccccc2)cc1C. The summed E-state index contributed by atoms with van der Waals surface area (Å²) < 4.78 is 2.30. The highest BCUT2D eigenvalue weighted by molar-refractivity contribution is 5.76. The maximum Gasteiger partial charge on any atom is 0.129 e. The van der Waals surface area contributed by atoms with E-state index >= 15 is 0 Å².